The van der Waals surface area contributed by atoms with Crippen LogP contribution in [0.25, 0.3) is 0 Å². The summed E-state index contributed by atoms with van der Waals surface area (Å²) >= 11 is 1.41. The van der Waals surface area contributed by atoms with Gasteiger partial charge in [0.1, 0.15) is 5.75 Å². The first-order valence-corrected chi connectivity index (χ1v) is 10.3. The number of amides is 1. The lowest BCUT2D eigenvalue weighted by Gasteiger charge is -2.24. The van der Waals surface area contributed by atoms with Crippen LogP contribution in [-0.4, -0.2) is 32.0 Å². The molecule has 1 heterocycles. The molecule has 1 aromatic heterocycles. The summed E-state index contributed by atoms with van der Waals surface area (Å²) in [5.74, 6) is 0.556. The topological polar surface area (TPSA) is 63.7 Å². The highest BCUT2D eigenvalue weighted by molar-refractivity contribution is 7.86. The van der Waals surface area contributed by atoms with Gasteiger partial charge < -0.3 is 9.08 Å². The minimum absolute atomic E-state index is 0.0202. The highest BCUT2D eigenvalue weighted by Gasteiger charge is 2.18. The Morgan fingerprint density at radius 2 is 2.00 bits per heavy atom. The Bertz CT molecular complexity index is 783. The molecule has 0 radical (unpaired) electrons. The zero-order valence-corrected chi connectivity index (χ0v) is 15.6. The van der Waals surface area contributed by atoms with Gasteiger partial charge in [-0.25, -0.2) is 0 Å². The monoisotopic (exact) mass is 367 g/mol. The SMILES string of the molecule is CC(C)CN(Cc1cccc(OS(C)(=O)=O)c1)C(=O)c1cccs1. The number of nitrogens with zero attached hydrogens (tertiary/aromatic N) is 1. The molecule has 7 heteroatoms. The summed E-state index contributed by atoms with van der Waals surface area (Å²) in [7, 11) is -3.57. The third-order valence-corrected chi connectivity index (χ3v) is 4.48. The molecule has 0 unspecified atom stereocenters. The smallest absolute Gasteiger partial charge is 0.306 e. The van der Waals surface area contributed by atoms with E-state index in [-0.39, 0.29) is 11.7 Å². The fourth-order valence-electron chi connectivity index (χ4n) is 2.31. The second-order valence-corrected chi connectivity index (χ2v) is 8.51. The van der Waals surface area contributed by atoms with E-state index in [0.717, 1.165) is 11.8 Å². The highest BCUT2D eigenvalue weighted by Crippen LogP contribution is 2.19. The van der Waals surface area contributed by atoms with Gasteiger partial charge in [0.15, 0.2) is 0 Å². The summed E-state index contributed by atoms with van der Waals surface area (Å²) in [6.07, 6.45) is 1.01. The van der Waals surface area contributed by atoms with Gasteiger partial charge in [0.05, 0.1) is 11.1 Å². The summed E-state index contributed by atoms with van der Waals surface area (Å²) in [5.41, 5.74) is 0.821. The molecule has 0 N–H and O–H groups in total. The van der Waals surface area contributed by atoms with Gasteiger partial charge in [0.25, 0.3) is 5.91 Å². The van der Waals surface area contributed by atoms with Gasteiger partial charge in [-0.05, 0) is 35.1 Å². The van der Waals surface area contributed by atoms with Gasteiger partial charge >= 0.3 is 10.1 Å². The first kappa shape index (κ1) is 18.5. The van der Waals surface area contributed by atoms with Gasteiger partial charge in [0.2, 0.25) is 0 Å². The molecule has 0 atom stereocenters. The van der Waals surface area contributed by atoms with E-state index in [0.29, 0.717) is 23.9 Å². The molecule has 1 aromatic carbocycles. The van der Waals surface area contributed by atoms with E-state index in [1.165, 1.54) is 11.3 Å². The normalized spacial score (nSPS) is 11.5. The molecule has 0 spiro atoms. The zero-order chi connectivity index (χ0) is 17.7. The summed E-state index contributed by atoms with van der Waals surface area (Å²) < 4.78 is 27.4. The molecule has 130 valence electrons. The number of carbonyl (C=O) groups excluding carboxylic acids is 1. The van der Waals surface area contributed by atoms with Crippen LogP contribution in [0.3, 0.4) is 0 Å². The first-order valence-electron chi connectivity index (χ1n) is 7.56. The van der Waals surface area contributed by atoms with E-state index in [4.69, 9.17) is 4.18 Å². The van der Waals surface area contributed by atoms with Crippen molar-refractivity contribution in [3.8, 4) is 5.75 Å². The van der Waals surface area contributed by atoms with Crippen molar-refractivity contribution >= 4 is 27.4 Å². The summed E-state index contributed by atoms with van der Waals surface area (Å²) in [5, 5.41) is 1.88. The fourth-order valence-corrected chi connectivity index (χ4v) is 3.45. The number of benzene rings is 1. The van der Waals surface area contributed by atoms with Gasteiger partial charge in [-0.15, -0.1) is 11.3 Å². The average Bonchev–Trinajstić information content (AvgIpc) is 2.98. The molecule has 0 saturated heterocycles. The van der Waals surface area contributed by atoms with E-state index in [1.807, 2.05) is 23.6 Å². The van der Waals surface area contributed by atoms with Crippen LogP contribution in [0.2, 0.25) is 0 Å². The van der Waals surface area contributed by atoms with Gasteiger partial charge in [-0.1, -0.05) is 32.0 Å². The van der Waals surface area contributed by atoms with Crippen LogP contribution < -0.4 is 4.18 Å². The Kier molecular flexibility index (Phi) is 6.01. The Morgan fingerprint density at radius 1 is 1.25 bits per heavy atom. The molecular weight excluding hydrogens is 346 g/mol. The molecular formula is C17H21NO4S2. The lowest BCUT2D eigenvalue weighted by molar-refractivity contribution is 0.0727. The molecule has 0 aliphatic carbocycles. The van der Waals surface area contributed by atoms with Crippen molar-refractivity contribution in [2.45, 2.75) is 20.4 Å². The Labute approximate surface area is 147 Å². The fraction of sp³-hybridized carbons (Fsp3) is 0.353. The lowest BCUT2D eigenvalue weighted by Crippen LogP contribution is -2.33. The highest BCUT2D eigenvalue weighted by atomic mass is 32.2. The van der Waals surface area contributed by atoms with Crippen LogP contribution >= 0.6 is 11.3 Å². The average molecular weight is 367 g/mol. The molecule has 1 amide bonds. The van der Waals surface area contributed by atoms with Gasteiger partial charge in [0, 0.05) is 13.1 Å². The van der Waals surface area contributed by atoms with Crippen LogP contribution in [0.4, 0.5) is 0 Å². The van der Waals surface area contributed by atoms with Crippen molar-refractivity contribution in [3.05, 3.63) is 52.2 Å². The Balaban J connectivity index is 2.20. The number of hydrogen-bond donors (Lipinski definition) is 0. The second-order valence-electron chi connectivity index (χ2n) is 5.99. The molecule has 2 rings (SSSR count). The predicted molar refractivity (Wildman–Crippen MR) is 95.8 cm³/mol. The van der Waals surface area contributed by atoms with Crippen LogP contribution in [0.1, 0.15) is 29.1 Å². The zero-order valence-electron chi connectivity index (χ0n) is 13.9. The molecule has 0 bridgehead atoms. The molecule has 0 aliphatic rings. The van der Waals surface area contributed by atoms with E-state index in [2.05, 4.69) is 13.8 Å². The first-order chi connectivity index (χ1) is 11.2. The predicted octanol–water partition coefficient (Wildman–Crippen LogP) is 3.38. The van der Waals surface area contributed by atoms with Crippen molar-refractivity contribution in [1.29, 1.82) is 0 Å². The third-order valence-electron chi connectivity index (χ3n) is 3.12. The minimum atomic E-state index is -3.57. The molecule has 0 aliphatic heterocycles. The minimum Gasteiger partial charge on any atom is -0.383 e. The molecule has 5 nitrogen and oxygen atoms in total. The van der Waals surface area contributed by atoms with Crippen molar-refractivity contribution in [2.75, 3.05) is 12.8 Å². The van der Waals surface area contributed by atoms with E-state index < -0.39 is 10.1 Å². The third kappa shape index (κ3) is 5.65. The number of carbonyl (C=O) groups is 1. The second kappa shape index (κ2) is 7.81. The van der Waals surface area contributed by atoms with Gasteiger partial charge in [-0.2, -0.15) is 8.42 Å². The van der Waals surface area contributed by atoms with Crippen LogP contribution in [0.5, 0.6) is 5.75 Å². The van der Waals surface area contributed by atoms with E-state index in [1.54, 1.807) is 23.1 Å². The maximum Gasteiger partial charge on any atom is 0.306 e. The molecule has 0 fully saturated rings. The maximum atomic E-state index is 12.7. The van der Waals surface area contributed by atoms with Crippen molar-refractivity contribution in [1.82, 2.24) is 4.90 Å². The van der Waals surface area contributed by atoms with E-state index in [9.17, 15) is 13.2 Å². The Hall–Kier alpha value is -1.86. The standard InChI is InChI=1S/C17H21NO4S2/c1-13(2)11-18(17(19)16-8-5-9-23-16)12-14-6-4-7-15(10-14)22-24(3,20)21/h4-10,13H,11-12H2,1-3H3. The number of thiophene rings is 1. The number of rotatable bonds is 7. The van der Waals surface area contributed by atoms with Gasteiger partial charge in [-0.3, -0.25) is 4.79 Å². The summed E-state index contributed by atoms with van der Waals surface area (Å²) in [6.45, 7) is 5.12. The largest absolute Gasteiger partial charge is 0.383 e. The quantitative estimate of drug-likeness (QED) is 0.704. The van der Waals surface area contributed by atoms with Crippen molar-refractivity contribution < 1.29 is 17.4 Å². The van der Waals surface area contributed by atoms with E-state index >= 15 is 0 Å². The molecule has 0 saturated carbocycles. The molecule has 2 aromatic rings. The summed E-state index contributed by atoms with van der Waals surface area (Å²) in [4.78, 5) is 15.1. The molecule has 24 heavy (non-hydrogen) atoms. The maximum absolute atomic E-state index is 12.7. The van der Waals surface area contributed by atoms with Crippen LogP contribution in [0.15, 0.2) is 41.8 Å². The van der Waals surface area contributed by atoms with Crippen LogP contribution in [-0.2, 0) is 16.7 Å². The number of hydrogen-bond acceptors (Lipinski definition) is 5. The summed E-state index contributed by atoms with van der Waals surface area (Å²) in [6, 6.07) is 10.5. The van der Waals surface area contributed by atoms with Crippen molar-refractivity contribution in [3.63, 3.8) is 0 Å². The van der Waals surface area contributed by atoms with Crippen LogP contribution in [0, 0.1) is 5.92 Å². The Morgan fingerprint density at radius 3 is 2.58 bits per heavy atom. The lowest BCUT2D eigenvalue weighted by atomic mass is 10.1. The van der Waals surface area contributed by atoms with Crippen molar-refractivity contribution in [2.24, 2.45) is 5.92 Å².